The Labute approximate surface area is 236 Å². The van der Waals surface area contributed by atoms with Gasteiger partial charge in [0.05, 0.1) is 12.2 Å². The van der Waals surface area contributed by atoms with E-state index in [1.165, 1.54) is 50.5 Å². The summed E-state index contributed by atoms with van der Waals surface area (Å²) < 4.78 is 5.85. The fraction of sp³-hybridized carbons (Fsp3) is 0.939. The first-order valence-electron chi connectivity index (χ1n) is 16.1. The third-order valence-electron chi connectivity index (χ3n) is 12.8. The second-order valence-corrected chi connectivity index (χ2v) is 15.3. The maximum Gasteiger partial charge on any atom is 0.116 e. The minimum absolute atomic E-state index is 0.0333. The van der Waals surface area contributed by atoms with Gasteiger partial charge in [-0.25, -0.2) is 0 Å². The molecule has 0 aromatic heterocycles. The zero-order valence-electron chi connectivity index (χ0n) is 25.1. The van der Waals surface area contributed by atoms with Gasteiger partial charge in [-0.1, -0.05) is 65.5 Å². The highest BCUT2D eigenvalue weighted by Gasteiger charge is 2.62. The molecule has 0 bridgehead atoms. The molecule has 2 unspecified atom stereocenters. The quantitative estimate of drug-likeness (QED) is 0.298. The molecule has 224 valence electrons. The number of aliphatic hydroxyl groups excluding tert-OH is 4. The molecule has 5 rings (SSSR count). The van der Waals surface area contributed by atoms with Crippen LogP contribution in [0.5, 0.6) is 0 Å². The van der Waals surface area contributed by atoms with Gasteiger partial charge in [0.2, 0.25) is 0 Å². The smallest absolute Gasteiger partial charge is 0.116 e. The summed E-state index contributed by atoms with van der Waals surface area (Å²) in [5.74, 6) is 4.50. The van der Waals surface area contributed by atoms with Crippen LogP contribution in [0.1, 0.15) is 105 Å². The van der Waals surface area contributed by atoms with Crippen LogP contribution in [0, 0.1) is 46.3 Å². The maximum atomic E-state index is 11.8. The molecular formula is C33H56O6. The summed E-state index contributed by atoms with van der Waals surface area (Å²) in [6, 6.07) is 0. The number of hydrogen-bond acceptors (Lipinski definition) is 6. The average molecular weight is 549 g/mol. The Kier molecular flexibility index (Phi) is 8.43. The second-order valence-electron chi connectivity index (χ2n) is 15.3. The molecule has 13 atom stereocenters. The predicted octanol–water partition coefficient (Wildman–Crippen LogP) is 4.60. The van der Waals surface area contributed by atoms with Gasteiger partial charge in [-0.2, -0.15) is 0 Å². The maximum absolute atomic E-state index is 11.8. The minimum Gasteiger partial charge on any atom is -0.394 e. The van der Waals surface area contributed by atoms with Crippen molar-refractivity contribution in [2.75, 3.05) is 6.61 Å². The van der Waals surface area contributed by atoms with Crippen LogP contribution < -0.4 is 0 Å². The number of allylic oxidation sites excluding steroid dienone is 1. The molecule has 3 saturated carbocycles. The summed E-state index contributed by atoms with van der Waals surface area (Å²) in [6.45, 7) is 11.7. The average Bonchev–Trinajstić information content (AvgIpc) is 3.25. The normalized spacial score (nSPS) is 50.6. The molecule has 4 aliphatic carbocycles. The van der Waals surface area contributed by atoms with E-state index < -0.39 is 42.7 Å². The van der Waals surface area contributed by atoms with Crippen molar-refractivity contribution >= 4 is 0 Å². The fourth-order valence-electron chi connectivity index (χ4n) is 10.5. The van der Waals surface area contributed by atoms with Crippen LogP contribution in [-0.2, 0) is 4.74 Å². The molecule has 0 radical (unpaired) electrons. The summed E-state index contributed by atoms with van der Waals surface area (Å²) in [4.78, 5) is 0. The molecule has 5 aliphatic rings. The van der Waals surface area contributed by atoms with E-state index in [4.69, 9.17) is 4.74 Å². The van der Waals surface area contributed by atoms with Crippen molar-refractivity contribution in [3.8, 4) is 0 Å². The van der Waals surface area contributed by atoms with Crippen LogP contribution in [0.2, 0.25) is 0 Å². The Morgan fingerprint density at radius 3 is 2.36 bits per heavy atom. The lowest BCUT2D eigenvalue weighted by molar-refractivity contribution is -0.275. The molecule has 1 saturated heterocycles. The van der Waals surface area contributed by atoms with Gasteiger partial charge >= 0.3 is 0 Å². The van der Waals surface area contributed by atoms with Gasteiger partial charge in [0.25, 0.3) is 0 Å². The lowest BCUT2D eigenvalue weighted by atomic mass is 9.46. The zero-order chi connectivity index (χ0) is 28.3. The van der Waals surface area contributed by atoms with Crippen molar-refractivity contribution in [3.05, 3.63) is 11.6 Å². The number of hydrogen-bond donors (Lipinski definition) is 5. The van der Waals surface area contributed by atoms with E-state index in [1.54, 1.807) is 0 Å². The molecule has 1 heterocycles. The van der Waals surface area contributed by atoms with Crippen LogP contribution in [-0.4, -0.2) is 68.3 Å². The van der Waals surface area contributed by atoms with Gasteiger partial charge in [-0.05, 0) is 91.3 Å². The number of rotatable bonds is 7. The number of fused-ring (bicyclic) bond motifs is 5. The van der Waals surface area contributed by atoms with Crippen molar-refractivity contribution < 1.29 is 30.3 Å². The van der Waals surface area contributed by atoms with E-state index in [2.05, 4.69) is 40.7 Å². The topological polar surface area (TPSA) is 110 Å². The van der Waals surface area contributed by atoms with Crippen LogP contribution in [0.25, 0.3) is 0 Å². The van der Waals surface area contributed by atoms with E-state index in [0.29, 0.717) is 30.1 Å². The highest BCUT2D eigenvalue weighted by molar-refractivity contribution is 5.28. The van der Waals surface area contributed by atoms with Crippen LogP contribution in [0.4, 0.5) is 0 Å². The van der Waals surface area contributed by atoms with Gasteiger partial charge in [0, 0.05) is 6.42 Å². The molecule has 0 aromatic carbocycles. The Morgan fingerprint density at radius 2 is 1.67 bits per heavy atom. The SMILES string of the molecule is CC(C)CCC[C@@H](C)[C@H]1CC[C@H]2[C@@H]3CC=C4CC(O)(C5O[C@H](CO)[C@H](O)[C@H](O)[C@H]5O)CC[C@]4(C)[C@H]3CC[C@]12C. The van der Waals surface area contributed by atoms with Gasteiger partial charge in [0.15, 0.2) is 0 Å². The highest BCUT2D eigenvalue weighted by Crippen LogP contribution is 2.68. The summed E-state index contributed by atoms with van der Waals surface area (Å²) in [6.07, 6.45) is 8.20. The van der Waals surface area contributed by atoms with Crippen molar-refractivity contribution in [1.82, 2.24) is 0 Å². The highest BCUT2D eigenvalue weighted by atomic mass is 16.6. The molecule has 0 spiro atoms. The fourth-order valence-corrected chi connectivity index (χ4v) is 10.5. The van der Waals surface area contributed by atoms with Crippen molar-refractivity contribution in [1.29, 1.82) is 0 Å². The lowest BCUT2D eigenvalue weighted by Gasteiger charge is -2.60. The lowest BCUT2D eigenvalue weighted by Crippen LogP contribution is -2.66. The summed E-state index contributed by atoms with van der Waals surface area (Å²) in [5.41, 5.74) is 0.408. The molecule has 6 nitrogen and oxygen atoms in total. The standard InChI is InChI=1S/C33H56O6/c1-19(2)7-6-8-20(3)23-11-12-24-22-10-9-21-17-33(38,30-29(37)28(36)27(35)26(18-34)39-30)16-15-31(21,4)25(22)13-14-32(23,24)5/h9,19-20,22-30,34-38H,6-8,10-18H2,1-5H3/t20-,22+,23-,24+,25+,26-,27+,28+,29-,30?,31+,32-,33?/m1/s1. The van der Waals surface area contributed by atoms with E-state index >= 15 is 0 Å². The van der Waals surface area contributed by atoms with Crippen LogP contribution in [0.15, 0.2) is 11.6 Å². The molecule has 1 aliphatic heterocycles. The van der Waals surface area contributed by atoms with Crippen molar-refractivity contribution in [2.24, 2.45) is 46.3 Å². The van der Waals surface area contributed by atoms with E-state index in [1.807, 2.05) is 0 Å². The van der Waals surface area contributed by atoms with Crippen LogP contribution in [0.3, 0.4) is 0 Å². The Hall–Kier alpha value is -0.500. The Morgan fingerprint density at radius 1 is 0.923 bits per heavy atom. The molecule has 5 N–H and O–H groups in total. The molecule has 4 fully saturated rings. The monoisotopic (exact) mass is 548 g/mol. The first kappa shape index (κ1) is 30.0. The first-order chi connectivity index (χ1) is 18.4. The van der Waals surface area contributed by atoms with Crippen molar-refractivity contribution in [2.45, 2.75) is 141 Å². The third-order valence-corrected chi connectivity index (χ3v) is 12.8. The van der Waals surface area contributed by atoms with Crippen LogP contribution >= 0.6 is 0 Å². The van der Waals surface area contributed by atoms with Gasteiger partial charge in [-0.15, -0.1) is 0 Å². The summed E-state index contributed by atoms with van der Waals surface area (Å²) >= 11 is 0. The zero-order valence-corrected chi connectivity index (χ0v) is 25.1. The molecule has 0 amide bonds. The summed E-state index contributed by atoms with van der Waals surface area (Å²) in [5, 5.41) is 52.9. The predicted molar refractivity (Wildman–Crippen MR) is 152 cm³/mol. The number of ether oxygens (including phenoxy) is 1. The second kappa shape index (κ2) is 11.0. The van der Waals surface area contributed by atoms with Gasteiger partial charge < -0.3 is 30.3 Å². The first-order valence-corrected chi connectivity index (χ1v) is 16.1. The third kappa shape index (κ3) is 4.97. The number of aliphatic hydroxyl groups is 5. The molecule has 39 heavy (non-hydrogen) atoms. The van der Waals surface area contributed by atoms with Gasteiger partial charge in [-0.3, -0.25) is 0 Å². The Bertz CT molecular complexity index is 903. The molecule has 0 aromatic rings. The molecule has 6 heteroatoms. The Balaban J connectivity index is 1.32. The molecular weight excluding hydrogens is 492 g/mol. The van der Waals surface area contributed by atoms with Crippen molar-refractivity contribution in [3.63, 3.8) is 0 Å². The minimum atomic E-state index is -1.46. The van der Waals surface area contributed by atoms with E-state index in [9.17, 15) is 25.5 Å². The van der Waals surface area contributed by atoms with E-state index in [0.717, 1.165) is 36.5 Å². The summed E-state index contributed by atoms with van der Waals surface area (Å²) in [7, 11) is 0. The van der Waals surface area contributed by atoms with Gasteiger partial charge in [0.1, 0.15) is 30.5 Å². The largest absolute Gasteiger partial charge is 0.394 e. The van der Waals surface area contributed by atoms with E-state index in [-0.39, 0.29) is 5.41 Å².